The van der Waals surface area contributed by atoms with Crippen LogP contribution in [0.2, 0.25) is 10.0 Å². The number of alkyl halides is 3. The molecule has 4 rings (SSSR count). The molecule has 4 N–H and O–H groups in total. The van der Waals surface area contributed by atoms with Crippen molar-refractivity contribution in [3.05, 3.63) is 63.3 Å². The van der Waals surface area contributed by atoms with Crippen molar-refractivity contribution >= 4 is 62.2 Å². The van der Waals surface area contributed by atoms with Gasteiger partial charge in [-0.05, 0) is 36.4 Å². The Labute approximate surface area is 226 Å². The molecule has 38 heavy (non-hydrogen) atoms. The fourth-order valence-electron chi connectivity index (χ4n) is 3.17. The van der Waals surface area contributed by atoms with Gasteiger partial charge in [-0.15, -0.1) is 11.3 Å². The van der Waals surface area contributed by atoms with Crippen LogP contribution in [0.15, 0.2) is 42.6 Å². The normalized spacial score (nSPS) is 11.2. The van der Waals surface area contributed by atoms with E-state index in [1.54, 1.807) is 36.0 Å². The molecule has 0 atom stereocenters. The Morgan fingerprint density at radius 3 is 2.47 bits per heavy atom. The molecule has 8 nitrogen and oxygen atoms in total. The number of aliphatic carboxylic acids is 1. The first kappa shape index (κ1) is 29.2. The van der Waals surface area contributed by atoms with Crippen LogP contribution in [0, 0.1) is 5.82 Å². The van der Waals surface area contributed by atoms with Gasteiger partial charge in [-0.25, -0.2) is 9.18 Å². The van der Waals surface area contributed by atoms with Crippen molar-refractivity contribution in [3.8, 4) is 17.0 Å². The molecule has 0 radical (unpaired) electrons. The molecular weight excluding hydrogens is 575 g/mol. The fraction of sp³-hybridized carbons (Fsp3) is 0.174. The number of carbonyl (C=O) groups is 2. The summed E-state index contributed by atoms with van der Waals surface area (Å²) in [5.41, 5.74) is 7.36. The molecule has 2 aromatic carbocycles. The Hall–Kier alpha value is -3.39. The first-order chi connectivity index (χ1) is 17.8. The second kappa shape index (κ2) is 12.0. The van der Waals surface area contributed by atoms with Gasteiger partial charge in [-0.2, -0.15) is 18.3 Å². The quantitative estimate of drug-likeness (QED) is 0.237. The van der Waals surface area contributed by atoms with E-state index in [9.17, 15) is 22.4 Å². The molecule has 0 bridgehead atoms. The van der Waals surface area contributed by atoms with Crippen LogP contribution in [-0.4, -0.2) is 46.1 Å². The highest BCUT2D eigenvalue weighted by molar-refractivity contribution is 7.21. The molecular formula is C23H18Cl2F4N4O4S. The van der Waals surface area contributed by atoms with E-state index in [4.69, 9.17) is 43.6 Å². The Kier molecular flexibility index (Phi) is 9.20. The lowest BCUT2D eigenvalue weighted by Gasteiger charge is -2.14. The highest BCUT2D eigenvalue weighted by Crippen LogP contribution is 2.38. The van der Waals surface area contributed by atoms with Crippen LogP contribution in [0.1, 0.15) is 9.67 Å². The number of benzene rings is 2. The Bertz CT molecular complexity index is 1470. The van der Waals surface area contributed by atoms with E-state index >= 15 is 0 Å². The Morgan fingerprint density at radius 2 is 1.89 bits per heavy atom. The minimum absolute atomic E-state index is 0.287. The zero-order chi connectivity index (χ0) is 28.2. The van der Waals surface area contributed by atoms with Gasteiger partial charge in [0.05, 0.1) is 21.9 Å². The molecule has 0 spiro atoms. The number of hydrogen-bond donors (Lipinski definition) is 3. The number of nitrogens with one attached hydrogen (secondary N) is 1. The molecule has 1 amide bonds. The number of halogens is 6. The van der Waals surface area contributed by atoms with Crippen molar-refractivity contribution in [2.45, 2.75) is 6.18 Å². The van der Waals surface area contributed by atoms with Gasteiger partial charge in [-0.1, -0.05) is 23.2 Å². The molecule has 2 aromatic heterocycles. The molecule has 0 unspecified atom stereocenters. The van der Waals surface area contributed by atoms with Crippen LogP contribution < -0.4 is 15.8 Å². The van der Waals surface area contributed by atoms with Crippen molar-refractivity contribution in [2.75, 3.05) is 18.5 Å². The number of aromatic nitrogens is 2. The van der Waals surface area contributed by atoms with Crippen molar-refractivity contribution in [3.63, 3.8) is 0 Å². The molecule has 0 aliphatic rings. The lowest BCUT2D eigenvalue weighted by atomic mass is 10.1. The number of rotatable bonds is 6. The molecule has 0 saturated heterocycles. The Balaban J connectivity index is 0.000000505. The fourth-order valence-corrected chi connectivity index (χ4v) is 4.88. The lowest BCUT2D eigenvalue weighted by Crippen LogP contribution is -2.21. The van der Waals surface area contributed by atoms with Gasteiger partial charge < -0.3 is 20.9 Å². The second-order valence-corrected chi connectivity index (χ2v) is 9.29. The van der Waals surface area contributed by atoms with Crippen LogP contribution >= 0.6 is 34.5 Å². The first-order valence-electron chi connectivity index (χ1n) is 10.5. The minimum atomic E-state index is -5.08. The van der Waals surface area contributed by atoms with Crippen molar-refractivity contribution in [1.29, 1.82) is 0 Å². The van der Waals surface area contributed by atoms with Gasteiger partial charge in [0.25, 0.3) is 5.91 Å². The second-order valence-electron chi connectivity index (χ2n) is 7.46. The molecule has 15 heteroatoms. The van der Waals surface area contributed by atoms with Gasteiger partial charge in [-0.3, -0.25) is 9.48 Å². The number of amides is 1. The number of nitrogens with two attached hydrogens (primary N) is 1. The summed E-state index contributed by atoms with van der Waals surface area (Å²) in [5.74, 6) is -2.98. The summed E-state index contributed by atoms with van der Waals surface area (Å²) in [5, 5.41) is 15.5. The molecule has 0 fully saturated rings. The molecule has 0 saturated carbocycles. The van der Waals surface area contributed by atoms with Crippen LogP contribution in [-0.2, 0) is 11.8 Å². The van der Waals surface area contributed by atoms with Gasteiger partial charge in [0.1, 0.15) is 23.1 Å². The van der Waals surface area contributed by atoms with Gasteiger partial charge in [0.15, 0.2) is 0 Å². The largest absolute Gasteiger partial charge is 0.492 e. The van der Waals surface area contributed by atoms with Gasteiger partial charge in [0.2, 0.25) is 0 Å². The monoisotopic (exact) mass is 592 g/mol. The number of hydrogen-bond acceptors (Lipinski definition) is 6. The van der Waals surface area contributed by atoms with E-state index in [2.05, 4.69) is 10.4 Å². The standard InChI is InChI=1S/C21H17Cl2FN4O2S.C2HF3O2/c1-28-19(15(22)10-26-28)14-9-12(3-5-16(14)30-7-6-25)27-21(29)20-18(23)13-4-2-11(24)8-17(13)31-20;3-2(4,5)1(6)7/h2-5,8-10H,6-7,25H2,1H3,(H,27,29);(H,6,7). The average molecular weight is 593 g/mol. The van der Waals surface area contributed by atoms with Crippen molar-refractivity contribution in [1.82, 2.24) is 9.78 Å². The third-order valence-corrected chi connectivity index (χ3v) is 6.73. The number of anilines is 1. The van der Waals surface area contributed by atoms with E-state index in [1.165, 1.54) is 18.3 Å². The summed E-state index contributed by atoms with van der Waals surface area (Å²) >= 11 is 13.8. The van der Waals surface area contributed by atoms with Crippen LogP contribution in [0.4, 0.5) is 23.2 Å². The maximum absolute atomic E-state index is 13.5. The van der Waals surface area contributed by atoms with E-state index in [-0.39, 0.29) is 10.8 Å². The zero-order valence-electron chi connectivity index (χ0n) is 19.3. The summed E-state index contributed by atoms with van der Waals surface area (Å²) in [6, 6.07) is 9.41. The third kappa shape index (κ3) is 6.72. The third-order valence-electron chi connectivity index (χ3n) is 4.80. The molecule has 202 valence electrons. The smallest absolute Gasteiger partial charge is 0.490 e. The Morgan fingerprint density at radius 1 is 1.21 bits per heavy atom. The maximum Gasteiger partial charge on any atom is 0.490 e. The van der Waals surface area contributed by atoms with Crippen molar-refractivity contribution < 1.29 is 37.0 Å². The van der Waals surface area contributed by atoms with Gasteiger partial charge in [0, 0.05) is 34.9 Å². The average Bonchev–Trinajstić information content (AvgIpc) is 3.35. The van der Waals surface area contributed by atoms with E-state index in [0.29, 0.717) is 55.8 Å². The predicted molar refractivity (Wildman–Crippen MR) is 137 cm³/mol. The highest BCUT2D eigenvalue weighted by Gasteiger charge is 2.38. The number of carboxylic acids is 1. The predicted octanol–water partition coefficient (Wildman–Crippen LogP) is 5.97. The number of fused-ring (bicyclic) bond motifs is 1. The number of ether oxygens (including phenoxy) is 1. The molecule has 0 aliphatic carbocycles. The molecule has 2 heterocycles. The summed E-state index contributed by atoms with van der Waals surface area (Å²) in [4.78, 5) is 22.1. The number of thiophene rings is 1. The molecule has 0 aliphatic heterocycles. The number of aryl methyl sites for hydroxylation is 1. The lowest BCUT2D eigenvalue weighted by molar-refractivity contribution is -0.192. The summed E-state index contributed by atoms with van der Waals surface area (Å²) in [7, 11) is 1.76. The topological polar surface area (TPSA) is 119 Å². The van der Waals surface area contributed by atoms with E-state index in [0.717, 1.165) is 11.3 Å². The number of carboxylic acid groups (broad SMARTS) is 1. The minimum Gasteiger partial charge on any atom is -0.492 e. The van der Waals surface area contributed by atoms with Crippen molar-refractivity contribution in [2.24, 2.45) is 12.8 Å². The molecule has 4 aromatic rings. The summed E-state index contributed by atoms with van der Waals surface area (Å²) in [6.07, 6.45) is -3.55. The highest BCUT2D eigenvalue weighted by atomic mass is 35.5. The van der Waals surface area contributed by atoms with E-state index in [1.807, 2.05) is 0 Å². The van der Waals surface area contributed by atoms with Crippen LogP contribution in [0.25, 0.3) is 21.3 Å². The SMILES string of the molecule is Cn1ncc(Cl)c1-c1cc(NC(=O)c2sc3cc(F)ccc3c2Cl)ccc1OCCN.O=C(O)C(F)(F)F. The summed E-state index contributed by atoms with van der Waals surface area (Å²) in [6.45, 7) is 0.671. The summed E-state index contributed by atoms with van der Waals surface area (Å²) < 4.78 is 53.2. The number of nitrogens with zero attached hydrogens (tertiary/aromatic N) is 2. The maximum atomic E-state index is 13.5. The zero-order valence-corrected chi connectivity index (χ0v) is 21.6. The number of carbonyl (C=O) groups excluding carboxylic acids is 1. The van der Waals surface area contributed by atoms with Gasteiger partial charge >= 0.3 is 12.1 Å². The first-order valence-corrected chi connectivity index (χ1v) is 12.0. The van der Waals surface area contributed by atoms with Crippen LogP contribution in [0.5, 0.6) is 5.75 Å². The van der Waals surface area contributed by atoms with E-state index < -0.39 is 18.1 Å². The van der Waals surface area contributed by atoms with Crippen LogP contribution in [0.3, 0.4) is 0 Å².